The molecule has 0 aromatic heterocycles. The van der Waals surface area contributed by atoms with Gasteiger partial charge in [-0.2, -0.15) is 0 Å². The lowest BCUT2D eigenvalue weighted by atomic mass is 10.2. The third kappa shape index (κ3) is 20.6. The quantitative estimate of drug-likeness (QED) is 0.415. The molecule has 0 aliphatic rings. The van der Waals surface area contributed by atoms with Crippen molar-refractivity contribution < 1.29 is 18.5 Å². The Morgan fingerprint density at radius 3 is 1.32 bits per heavy atom. The van der Waals surface area contributed by atoms with E-state index < -0.39 is 7.82 Å². The molecule has 0 saturated heterocycles. The van der Waals surface area contributed by atoms with Gasteiger partial charge in [-0.3, -0.25) is 9.05 Å². The Kier molecular flexibility index (Phi) is 18.2. The maximum atomic E-state index is 11.1. The highest BCUT2D eigenvalue weighted by Gasteiger charge is 2.19. The molecule has 5 heteroatoms. The molecular formula is C14H33O4P. The van der Waals surface area contributed by atoms with Gasteiger partial charge in [-0.05, 0) is 12.8 Å². The largest absolute Gasteiger partial charge is 0.472 e. The van der Waals surface area contributed by atoms with Crippen LogP contribution in [0.4, 0.5) is 0 Å². The predicted molar refractivity (Wildman–Crippen MR) is 81.4 cm³/mol. The van der Waals surface area contributed by atoms with Crippen LogP contribution >= 0.6 is 7.82 Å². The summed E-state index contributed by atoms with van der Waals surface area (Å²) in [5.74, 6) is 0. The summed E-state index contributed by atoms with van der Waals surface area (Å²) in [6.45, 7) is 9.02. The van der Waals surface area contributed by atoms with Gasteiger partial charge in [-0.1, -0.05) is 66.2 Å². The van der Waals surface area contributed by atoms with Crippen molar-refractivity contribution in [3.05, 3.63) is 0 Å². The minimum absolute atomic E-state index is 0.288. The van der Waals surface area contributed by atoms with Gasteiger partial charge in [0.15, 0.2) is 0 Å². The molecule has 0 fully saturated rings. The van der Waals surface area contributed by atoms with Crippen molar-refractivity contribution >= 4 is 7.82 Å². The molecule has 0 bridgehead atoms. The van der Waals surface area contributed by atoms with E-state index >= 15 is 0 Å². The van der Waals surface area contributed by atoms with E-state index in [1.807, 2.05) is 13.8 Å². The van der Waals surface area contributed by atoms with E-state index in [0.717, 1.165) is 25.7 Å². The van der Waals surface area contributed by atoms with Gasteiger partial charge in [-0.25, -0.2) is 4.57 Å². The Morgan fingerprint density at radius 2 is 1.05 bits per heavy atom. The zero-order valence-electron chi connectivity index (χ0n) is 13.2. The highest BCUT2D eigenvalue weighted by Crippen LogP contribution is 2.43. The molecular weight excluding hydrogens is 263 g/mol. The molecule has 0 heterocycles. The molecule has 0 saturated carbocycles. The Labute approximate surface area is 119 Å². The maximum Gasteiger partial charge on any atom is 0.472 e. The molecule has 0 aliphatic heterocycles. The normalized spacial score (nSPS) is 11.0. The molecule has 19 heavy (non-hydrogen) atoms. The third-order valence-corrected chi connectivity index (χ3v) is 3.48. The molecule has 4 nitrogen and oxygen atoms in total. The first-order valence-electron chi connectivity index (χ1n) is 7.65. The number of unbranched alkanes of at least 4 members (excludes halogenated alkanes) is 5. The zero-order chi connectivity index (χ0) is 15.0. The number of phosphoric ester groups is 1. The summed E-state index contributed by atoms with van der Waals surface area (Å²) >= 11 is 0. The summed E-state index contributed by atoms with van der Waals surface area (Å²) in [5.41, 5.74) is 0. The van der Waals surface area contributed by atoms with Crippen molar-refractivity contribution in [2.45, 2.75) is 79.1 Å². The van der Waals surface area contributed by atoms with E-state index in [0.29, 0.717) is 0 Å². The molecule has 0 radical (unpaired) electrons. The van der Waals surface area contributed by atoms with Gasteiger partial charge in [-0.15, -0.1) is 0 Å². The summed E-state index contributed by atoms with van der Waals surface area (Å²) in [5, 5.41) is 0. The fourth-order valence-electron chi connectivity index (χ4n) is 1.19. The van der Waals surface area contributed by atoms with Crippen molar-refractivity contribution in [2.24, 2.45) is 0 Å². The Hall–Kier alpha value is 0.110. The van der Waals surface area contributed by atoms with Crippen LogP contribution in [0.3, 0.4) is 0 Å². The van der Waals surface area contributed by atoms with Gasteiger partial charge >= 0.3 is 7.82 Å². The SMILES string of the molecule is CCCCCC.CCCCOP(=O)(O)OCCCC. The highest BCUT2D eigenvalue weighted by molar-refractivity contribution is 7.47. The lowest BCUT2D eigenvalue weighted by molar-refractivity contribution is 0.146. The Bertz CT molecular complexity index is 192. The van der Waals surface area contributed by atoms with Gasteiger partial charge in [0.25, 0.3) is 0 Å². The van der Waals surface area contributed by atoms with E-state index in [2.05, 4.69) is 13.8 Å². The van der Waals surface area contributed by atoms with Crippen molar-refractivity contribution in [3.63, 3.8) is 0 Å². The summed E-state index contributed by atoms with van der Waals surface area (Å²) in [6.07, 6.45) is 8.97. The van der Waals surface area contributed by atoms with Gasteiger partial charge in [0.2, 0.25) is 0 Å². The smallest absolute Gasteiger partial charge is 0.302 e. The molecule has 0 aliphatic carbocycles. The minimum atomic E-state index is -3.75. The first-order chi connectivity index (χ1) is 9.04. The summed E-state index contributed by atoms with van der Waals surface area (Å²) in [7, 11) is -3.75. The van der Waals surface area contributed by atoms with E-state index in [4.69, 9.17) is 13.9 Å². The minimum Gasteiger partial charge on any atom is -0.302 e. The zero-order valence-corrected chi connectivity index (χ0v) is 14.1. The summed E-state index contributed by atoms with van der Waals surface area (Å²) in [6, 6.07) is 0. The van der Waals surface area contributed by atoms with Crippen molar-refractivity contribution in [1.82, 2.24) is 0 Å². The Balaban J connectivity index is 0. The van der Waals surface area contributed by atoms with Crippen LogP contribution in [0.5, 0.6) is 0 Å². The fourth-order valence-corrected chi connectivity index (χ4v) is 1.98. The van der Waals surface area contributed by atoms with Crippen LogP contribution in [-0.4, -0.2) is 18.1 Å². The number of hydrogen-bond donors (Lipinski definition) is 1. The fraction of sp³-hybridized carbons (Fsp3) is 1.00. The standard InChI is InChI=1S/C8H19O4P.C6H14/c1-3-5-7-11-13(9,10)12-8-6-4-2;1-3-5-6-4-2/h3-8H2,1-2H3,(H,9,10);3-6H2,1-2H3. The Morgan fingerprint density at radius 1 is 0.737 bits per heavy atom. The van der Waals surface area contributed by atoms with Gasteiger partial charge in [0.05, 0.1) is 13.2 Å². The molecule has 0 atom stereocenters. The van der Waals surface area contributed by atoms with E-state index in [9.17, 15) is 4.57 Å². The molecule has 0 amide bonds. The van der Waals surface area contributed by atoms with Crippen LogP contribution in [0, 0.1) is 0 Å². The lowest BCUT2D eigenvalue weighted by Crippen LogP contribution is -1.98. The van der Waals surface area contributed by atoms with Crippen LogP contribution in [0.1, 0.15) is 79.1 Å². The molecule has 0 aromatic rings. The van der Waals surface area contributed by atoms with Gasteiger partial charge in [0, 0.05) is 0 Å². The van der Waals surface area contributed by atoms with Crippen LogP contribution in [0.15, 0.2) is 0 Å². The molecule has 0 unspecified atom stereocenters. The summed E-state index contributed by atoms with van der Waals surface area (Å²) in [4.78, 5) is 9.08. The second-order valence-corrected chi connectivity index (χ2v) is 6.00. The third-order valence-electron chi connectivity index (χ3n) is 2.46. The van der Waals surface area contributed by atoms with Crippen molar-refractivity contribution in [3.8, 4) is 0 Å². The van der Waals surface area contributed by atoms with E-state index in [-0.39, 0.29) is 13.2 Å². The lowest BCUT2D eigenvalue weighted by Gasteiger charge is -2.10. The van der Waals surface area contributed by atoms with Gasteiger partial charge in [0.1, 0.15) is 0 Å². The highest BCUT2D eigenvalue weighted by atomic mass is 31.2. The van der Waals surface area contributed by atoms with Crippen LogP contribution < -0.4 is 0 Å². The maximum absolute atomic E-state index is 11.1. The van der Waals surface area contributed by atoms with Crippen molar-refractivity contribution in [1.29, 1.82) is 0 Å². The second kappa shape index (κ2) is 16.2. The molecule has 0 rings (SSSR count). The molecule has 0 aromatic carbocycles. The monoisotopic (exact) mass is 296 g/mol. The molecule has 118 valence electrons. The second-order valence-electron chi connectivity index (χ2n) is 4.55. The first-order valence-corrected chi connectivity index (χ1v) is 9.15. The first kappa shape index (κ1) is 21.4. The van der Waals surface area contributed by atoms with E-state index in [1.54, 1.807) is 0 Å². The average Bonchev–Trinajstić information content (AvgIpc) is 2.37. The topological polar surface area (TPSA) is 55.8 Å². The number of rotatable bonds is 11. The number of hydrogen-bond acceptors (Lipinski definition) is 3. The predicted octanol–water partition coefficient (Wildman–Crippen LogP) is 5.31. The van der Waals surface area contributed by atoms with Crippen molar-refractivity contribution in [2.75, 3.05) is 13.2 Å². The average molecular weight is 296 g/mol. The molecule has 1 N–H and O–H groups in total. The molecule has 0 spiro atoms. The summed E-state index contributed by atoms with van der Waals surface area (Å²) < 4.78 is 20.5. The van der Waals surface area contributed by atoms with Crippen LogP contribution in [0.2, 0.25) is 0 Å². The van der Waals surface area contributed by atoms with Crippen LogP contribution in [-0.2, 0) is 13.6 Å². The number of phosphoric acid groups is 1. The van der Waals surface area contributed by atoms with Crippen LogP contribution in [0.25, 0.3) is 0 Å². The van der Waals surface area contributed by atoms with Gasteiger partial charge < -0.3 is 4.89 Å². The van der Waals surface area contributed by atoms with E-state index in [1.165, 1.54) is 25.7 Å².